The SMILES string of the molecule is CC(C)Nc1cc(Nc2cc(F)cc(F)c2)nc(-c2nccc(N)n2)n1. The van der Waals surface area contributed by atoms with Gasteiger partial charge >= 0.3 is 0 Å². The Hall–Kier alpha value is -3.36. The van der Waals surface area contributed by atoms with E-state index in [9.17, 15) is 8.78 Å². The molecule has 7 nitrogen and oxygen atoms in total. The molecule has 0 amide bonds. The highest BCUT2D eigenvalue weighted by molar-refractivity contribution is 5.63. The second-order valence-corrected chi connectivity index (χ2v) is 5.85. The molecule has 134 valence electrons. The summed E-state index contributed by atoms with van der Waals surface area (Å²) in [5.74, 6) is 0.197. The van der Waals surface area contributed by atoms with Gasteiger partial charge in [-0.1, -0.05) is 0 Å². The minimum atomic E-state index is -0.693. The molecule has 0 aliphatic carbocycles. The molecule has 0 unspecified atom stereocenters. The highest BCUT2D eigenvalue weighted by Gasteiger charge is 2.11. The monoisotopic (exact) mass is 357 g/mol. The predicted octanol–water partition coefficient (Wildman–Crippen LogP) is 3.36. The number of aromatic nitrogens is 4. The lowest BCUT2D eigenvalue weighted by atomic mass is 10.3. The van der Waals surface area contributed by atoms with Crippen molar-refractivity contribution in [2.75, 3.05) is 16.4 Å². The highest BCUT2D eigenvalue weighted by Crippen LogP contribution is 2.23. The van der Waals surface area contributed by atoms with E-state index in [1.165, 1.54) is 6.20 Å². The Morgan fingerprint density at radius 3 is 2.27 bits per heavy atom. The van der Waals surface area contributed by atoms with Crippen LogP contribution in [0.1, 0.15) is 13.8 Å². The zero-order valence-electron chi connectivity index (χ0n) is 14.2. The molecular weight excluding hydrogens is 340 g/mol. The lowest BCUT2D eigenvalue weighted by Gasteiger charge is -2.13. The number of nitrogen functional groups attached to an aromatic ring is 1. The Morgan fingerprint density at radius 2 is 1.62 bits per heavy atom. The van der Waals surface area contributed by atoms with Crippen LogP contribution in [0.4, 0.5) is 31.9 Å². The maximum absolute atomic E-state index is 13.4. The number of nitrogens with one attached hydrogen (secondary N) is 2. The van der Waals surface area contributed by atoms with Gasteiger partial charge in [-0.3, -0.25) is 0 Å². The van der Waals surface area contributed by atoms with Crippen molar-refractivity contribution < 1.29 is 8.78 Å². The number of nitrogens with zero attached hydrogens (tertiary/aromatic N) is 4. The van der Waals surface area contributed by atoms with Crippen molar-refractivity contribution in [2.24, 2.45) is 0 Å². The summed E-state index contributed by atoms with van der Waals surface area (Å²) in [7, 11) is 0. The van der Waals surface area contributed by atoms with Crippen molar-refractivity contribution in [3.63, 3.8) is 0 Å². The van der Waals surface area contributed by atoms with Crippen LogP contribution in [-0.2, 0) is 0 Å². The Bertz CT molecular complexity index is 910. The predicted molar refractivity (Wildman–Crippen MR) is 95.9 cm³/mol. The molecule has 0 atom stereocenters. The molecule has 0 aliphatic heterocycles. The second-order valence-electron chi connectivity index (χ2n) is 5.85. The molecule has 9 heteroatoms. The summed E-state index contributed by atoms with van der Waals surface area (Å²) in [6, 6.07) is 6.41. The molecule has 4 N–H and O–H groups in total. The number of nitrogens with two attached hydrogens (primary N) is 1. The van der Waals surface area contributed by atoms with Gasteiger partial charge in [0.15, 0.2) is 5.82 Å². The van der Waals surface area contributed by atoms with Crippen molar-refractivity contribution in [1.29, 1.82) is 0 Å². The van der Waals surface area contributed by atoms with Crippen LogP contribution in [0.3, 0.4) is 0 Å². The quantitative estimate of drug-likeness (QED) is 0.643. The van der Waals surface area contributed by atoms with Crippen LogP contribution in [-0.4, -0.2) is 26.0 Å². The molecule has 0 saturated carbocycles. The van der Waals surface area contributed by atoms with Crippen LogP contribution in [0, 0.1) is 11.6 Å². The molecule has 0 fully saturated rings. The van der Waals surface area contributed by atoms with E-state index in [0.717, 1.165) is 18.2 Å². The number of benzene rings is 1. The summed E-state index contributed by atoms with van der Waals surface area (Å²) < 4.78 is 26.8. The van der Waals surface area contributed by atoms with Gasteiger partial charge in [-0.2, -0.15) is 0 Å². The van der Waals surface area contributed by atoms with E-state index in [1.54, 1.807) is 12.1 Å². The molecule has 1 aromatic carbocycles. The fourth-order valence-electron chi connectivity index (χ4n) is 2.24. The first-order valence-corrected chi connectivity index (χ1v) is 7.86. The highest BCUT2D eigenvalue weighted by atomic mass is 19.1. The minimum absolute atomic E-state index is 0.110. The molecule has 2 aromatic heterocycles. The summed E-state index contributed by atoms with van der Waals surface area (Å²) >= 11 is 0. The van der Waals surface area contributed by atoms with Crippen LogP contribution in [0.2, 0.25) is 0 Å². The van der Waals surface area contributed by atoms with E-state index in [1.807, 2.05) is 13.8 Å². The third kappa shape index (κ3) is 4.38. The third-order valence-electron chi connectivity index (χ3n) is 3.17. The summed E-state index contributed by atoms with van der Waals surface area (Å²) in [5, 5.41) is 6.02. The van der Waals surface area contributed by atoms with E-state index in [2.05, 4.69) is 30.6 Å². The fourth-order valence-corrected chi connectivity index (χ4v) is 2.24. The smallest absolute Gasteiger partial charge is 0.201 e. The van der Waals surface area contributed by atoms with Gasteiger partial charge < -0.3 is 16.4 Å². The Kier molecular flexibility index (Phi) is 4.87. The maximum Gasteiger partial charge on any atom is 0.201 e. The Labute approximate surface area is 148 Å². The van der Waals surface area contributed by atoms with Gasteiger partial charge in [0.1, 0.15) is 29.1 Å². The molecular formula is C17H17F2N7. The Balaban J connectivity index is 2.01. The van der Waals surface area contributed by atoms with Gasteiger partial charge in [-0.25, -0.2) is 28.7 Å². The van der Waals surface area contributed by atoms with Gasteiger partial charge in [-0.15, -0.1) is 0 Å². The molecule has 2 heterocycles. The van der Waals surface area contributed by atoms with E-state index < -0.39 is 11.6 Å². The molecule has 3 rings (SSSR count). The normalized spacial score (nSPS) is 10.8. The van der Waals surface area contributed by atoms with Gasteiger partial charge in [0.2, 0.25) is 5.82 Å². The summed E-state index contributed by atoms with van der Waals surface area (Å²) in [6.07, 6.45) is 1.50. The van der Waals surface area contributed by atoms with E-state index in [4.69, 9.17) is 5.73 Å². The van der Waals surface area contributed by atoms with Crippen LogP contribution < -0.4 is 16.4 Å². The maximum atomic E-state index is 13.4. The average molecular weight is 357 g/mol. The topological polar surface area (TPSA) is 102 Å². The summed E-state index contributed by atoms with van der Waals surface area (Å²) in [5.41, 5.74) is 5.91. The van der Waals surface area contributed by atoms with Crippen LogP contribution in [0.5, 0.6) is 0 Å². The largest absolute Gasteiger partial charge is 0.384 e. The fraction of sp³-hybridized carbons (Fsp3) is 0.176. The van der Waals surface area contributed by atoms with Gasteiger partial charge in [0, 0.05) is 30.1 Å². The summed E-state index contributed by atoms with van der Waals surface area (Å²) in [6.45, 7) is 3.90. The van der Waals surface area contributed by atoms with Crippen LogP contribution in [0.25, 0.3) is 11.6 Å². The van der Waals surface area contributed by atoms with Gasteiger partial charge in [0.25, 0.3) is 0 Å². The van der Waals surface area contributed by atoms with Crippen molar-refractivity contribution in [2.45, 2.75) is 19.9 Å². The van der Waals surface area contributed by atoms with Crippen molar-refractivity contribution in [3.8, 4) is 11.6 Å². The first-order valence-electron chi connectivity index (χ1n) is 7.86. The van der Waals surface area contributed by atoms with Crippen LogP contribution in [0.15, 0.2) is 36.5 Å². The van der Waals surface area contributed by atoms with E-state index >= 15 is 0 Å². The van der Waals surface area contributed by atoms with Gasteiger partial charge in [-0.05, 0) is 32.0 Å². The third-order valence-corrected chi connectivity index (χ3v) is 3.17. The average Bonchev–Trinajstić information content (AvgIpc) is 2.53. The van der Waals surface area contributed by atoms with E-state index in [0.29, 0.717) is 11.6 Å². The first-order chi connectivity index (χ1) is 12.4. The van der Waals surface area contributed by atoms with E-state index in [-0.39, 0.29) is 29.2 Å². The number of hydrogen-bond acceptors (Lipinski definition) is 7. The van der Waals surface area contributed by atoms with Crippen molar-refractivity contribution >= 4 is 23.1 Å². The molecule has 0 aliphatic rings. The number of anilines is 4. The van der Waals surface area contributed by atoms with Crippen molar-refractivity contribution in [3.05, 3.63) is 48.2 Å². The molecule has 0 saturated heterocycles. The van der Waals surface area contributed by atoms with Gasteiger partial charge in [0.05, 0.1) is 0 Å². The number of hydrogen-bond donors (Lipinski definition) is 3. The summed E-state index contributed by atoms with van der Waals surface area (Å²) in [4.78, 5) is 16.9. The Morgan fingerprint density at radius 1 is 0.923 bits per heavy atom. The molecule has 0 radical (unpaired) electrons. The molecule has 26 heavy (non-hydrogen) atoms. The lowest BCUT2D eigenvalue weighted by Crippen LogP contribution is -2.12. The zero-order valence-corrected chi connectivity index (χ0v) is 14.2. The zero-order chi connectivity index (χ0) is 18.7. The molecule has 3 aromatic rings. The number of halogens is 2. The standard InChI is InChI=1S/C17H17F2N7/c1-9(2)22-14-8-15(23-12-6-10(18)5-11(19)7-12)26-17(25-14)16-21-4-3-13(20)24-16/h3-9H,1-2H3,(H2,20,21,24)(H2,22,23,25,26). The number of rotatable bonds is 5. The minimum Gasteiger partial charge on any atom is -0.384 e. The molecule has 0 spiro atoms. The molecule has 0 bridgehead atoms. The van der Waals surface area contributed by atoms with Crippen molar-refractivity contribution in [1.82, 2.24) is 19.9 Å². The lowest BCUT2D eigenvalue weighted by molar-refractivity contribution is 0.584. The van der Waals surface area contributed by atoms with Crippen LogP contribution >= 0.6 is 0 Å². The second kappa shape index (κ2) is 7.26. The first kappa shape index (κ1) is 17.5.